The Labute approximate surface area is 113 Å². The molecule has 1 heterocycles. The van der Waals surface area contributed by atoms with E-state index >= 15 is 0 Å². The molecule has 0 saturated heterocycles. The van der Waals surface area contributed by atoms with Gasteiger partial charge in [-0.1, -0.05) is 36.8 Å². The SMILES string of the molecule is COc1ccc2c(c1)[Si](C)(C)c1cc(Cl)ccc1-2. The molecule has 3 heteroatoms. The summed E-state index contributed by atoms with van der Waals surface area (Å²) < 4.78 is 5.35. The highest BCUT2D eigenvalue weighted by Gasteiger charge is 2.37. The number of ether oxygens (including phenoxy) is 1. The first-order valence-corrected chi connectivity index (χ1v) is 9.41. The lowest BCUT2D eigenvalue weighted by Gasteiger charge is -2.19. The summed E-state index contributed by atoms with van der Waals surface area (Å²) in [6.45, 7) is 4.74. The van der Waals surface area contributed by atoms with E-state index in [-0.39, 0.29) is 0 Å². The summed E-state index contributed by atoms with van der Waals surface area (Å²) in [5, 5.41) is 3.70. The molecule has 0 aliphatic carbocycles. The summed E-state index contributed by atoms with van der Waals surface area (Å²) in [7, 11) is 0.0926. The largest absolute Gasteiger partial charge is 0.497 e. The molecule has 0 spiro atoms. The standard InChI is InChI=1S/C15H15ClOSi/c1-17-11-5-7-13-12-6-4-10(16)8-14(12)18(2,3)15(13)9-11/h4-9H,1-3H3. The number of methoxy groups -OCH3 is 1. The van der Waals surface area contributed by atoms with Gasteiger partial charge in [-0.2, -0.15) is 0 Å². The van der Waals surface area contributed by atoms with Crippen molar-refractivity contribution in [3.05, 3.63) is 41.4 Å². The highest BCUT2D eigenvalue weighted by molar-refractivity contribution is 7.03. The third-order valence-electron chi connectivity index (χ3n) is 3.85. The molecule has 2 aromatic rings. The van der Waals surface area contributed by atoms with Crippen LogP contribution in [0, 0.1) is 0 Å². The lowest BCUT2D eigenvalue weighted by molar-refractivity contribution is 0.415. The van der Waals surface area contributed by atoms with Crippen LogP contribution >= 0.6 is 11.6 Å². The Balaban J connectivity index is 2.31. The lowest BCUT2D eigenvalue weighted by Crippen LogP contribution is -2.49. The first-order chi connectivity index (χ1) is 8.54. The smallest absolute Gasteiger partial charge is 0.118 e. The maximum Gasteiger partial charge on any atom is 0.118 e. The molecular formula is C15H15ClOSi. The van der Waals surface area contributed by atoms with Crippen LogP contribution in [-0.2, 0) is 0 Å². The summed E-state index contributed by atoms with van der Waals surface area (Å²) in [6, 6.07) is 12.6. The summed E-state index contributed by atoms with van der Waals surface area (Å²) in [4.78, 5) is 0. The first-order valence-electron chi connectivity index (χ1n) is 6.03. The van der Waals surface area contributed by atoms with Crippen LogP contribution in [0.4, 0.5) is 0 Å². The molecule has 2 aromatic carbocycles. The molecule has 0 fully saturated rings. The first kappa shape index (κ1) is 11.8. The Morgan fingerprint density at radius 2 is 1.56 bits per heavy atom. The third kappa shape index (κ3) is 1.53. The van der Waals surface area contributed by atoms with Crippen LogP contribution < -0.4 is 15.1 Å². The Morgan fingerprint density at radius 1 is 0.944 bits per heavy atom. The van der Waals surface area contributed by atoms with Crippen molar-refractivity contribution in [3.63, 3.8) is 0 Å². The second-order valence-corrected chi connectivity index (χ2v) is 9.99. The van der Waals surface area contributed by atoms with Crippen molar-refractivity contribution in [3.8, 4) is 16.9 Å². The van der Waals surface area contributed by atoms with Gasteiger partial charge in [0.15, 0.2) is 0 Å². The molecule has 0 atom stereocenters. The van der Waals surface area contributed by atoms with Crippen LogP contribution in [0.3, 0.4) is 0 Å². The molecule has 0 N–H and O–H groups in total. The molecule has 0 unspecified atom stereocenters. The molecule has 0 bridgehead atoms. The average molecular weight is 275 g/mol. The minimum atomic E-state index is -1.62. The van der Waals surface area contributed by atoms with E-state index in [0.29, 0.717) is 0 Å². The topological polar surface area (TPSA) is 9.23 Å². The van der Waals surface area contributed by atoms with Crippen LogP contribution in [0.5, 0.6) is 5.75 Å². The zero-order valence-corrected chi connectivity index (χ0v) is 12.5. The van der Waals surface area contributed by atoms with Crippen LogP contribution in [0.2, 0.25) is 18.1 Å². The third-order valence-corrected chi connectivity index (χ3v) is 7.60. The van der Waals surface area contributed by atoms with Gasteiger partial charge >= 0.3 is 0 Å². The highest BCUT2D eigenvalue weighted by atomic mass is 35.5. The second kappa shape index (κ2) is 3.87. The van der Waals surface area contributed by atoms with Crippen LogP contribution in [0.25, 0.3) is 11.1 Å². The van der Waals surface area contributed by atoms with E-state index in [1.807, 2.05) is 12.1 Å². The second-order valence-electron chi connectivity index (χ2n) is 5.23. The van der Waals surface area contributed by atoms with Gasteiger partial charge in [-0.05, 0) is 45.8 Å². The fourth-order valence-corrected chi connectivity index (χ4v) is 6.17. The van der Waals surface area contributed by atoms with Gasteiger partial charge in [-0.15, -0.1) is 0 Å². The van der Waals surface area contributed by atoms with Crippen molar-refractivity contribution in [2.75, 3.05) is 7.11 Å². The zero-order valence-electron chi connectivity index (χ0n) is 10.8. The van der Waals surface area contributed by atoms with Crippen molar-refractivity contribution in [1.82, 2.24) is 0 Å². The van der Waals surface area contributed by atoms with E-state index in [1.165, 1.54) is 21.5 Å². The molecule has 18 heavy (non-hydrogen) atoms. The van der Waals surface area contributed by atoms with Gasteiger partial charge in [0.1, 0.15) is 13.8 Å². The zero-order chi connectivity index (χ0) is 12.9. The molecule has 0 radical (unpaired) electrons. The Kier molecular flexibility index (Phi) is 2.54. The molecule has 92 valence electrons. The maximum absolute atomic E-state index is 6.15. The van der Waals surface area contributed by atoms with Gasteiger partial charge in [0.25, 0.3) is 0 Å². The quantitative estimate of drug-likeness (QED) is 0.726. The fraction of sp³-hybridized carbons (Fsp3) is 0.200. The van der Waals surface area contributed by atoms with Crippen molar-refractivity contribution >= 4 is 30.0 Å². The monoisotopic (exact) mass is 274 g/mol. The van der Waals surface area contributed by atoms with Crippen molar-refractivity contribution < 1.29 is 4.74 Å². The Hall–Kier alpha value is -1.25. The number of rotatable bonds is 1. The molecule has 0 aromatic heterocycles. The number of benzene rings is 2. The van der Waals surface area contributed by atoms with Gasteiger partial charge < -0.3 is 4.74 Å². The maximum atomic E-state index is 6.15. The molecule has 1 nitrogen and oxygen atoms in total. The van der Waals surface area contributed by atoms with Gasteiger partial charge in [0, 0.05) is 5.02 Å². The average Bonchev–Trinajstić information content (AvgIpc) is 2.58. The van der Waals surface area contributed by atoms with E-state index in [4.69, 9.17) is 16.3 Å². The summed E-state index contributed by atoms with van der Waals surface area (Å²) >= 11 is 6.15. The van der Waals surface area contributed by atoms with E-state index in [9.17, 15) is 0 Å². The van der Waals surface area contributed by atoms with Gasteiger partial charge in [-0.3, -0.25) is 0 Å². The van der Waals surface area contributed by atoms with E-state index in [0.717, 1.165) is 10.8 Å². The molecule has 0 amide bonds. The van der Waals surface area contributed by atoms with E-state index in [1.54, 1.807) is 7.11 Å². The van der Waals surface area contributed by atoms with E-state index in [2.05, 4.69) is 37.4 Å². The number of halogens is 1. The summed E-state index contributed by atoms with van der Waals surface area (Å²) in [6.07, 6.45) is 0. The number of hydrogen-bond acceptors (Lipinski definition) is 1. The van der Waals surface area contributed by atoms with Crippen molar-refractivity contribution in [2.45, 2.75) is 13.1 Å². The van der Waals surface area contributed by atoms with Crippen molar-refractivity contribution in [1.29, 1.82) is 0 Å². The predicted molar refractivity (Wildman–Crippen MR) is 80.2 cm³/mol. The normalized spacial score (nSPS) is 15.1. The minimum Gasteiger partial charge on any atom is -0.497 e. The summed E-state index contributed by atoms with van der Waals surface area (Å²) in [5.74, 6) is 0.938. The van der Waals surface area contributed by atoms with Gasteiger partial charge in [0.2, 0.25) is 0 Å². The fourth-order valence-electron chi connectivity index (χ4n) is 2.82. The molecule has 1 aliphatic heterocycles. The van der Waals surface area contributed by atoms with Gasteiger partial charge in [-0.25, -0.2) is 0 Å². The number of hydrogen-bond donors (Lipinski definition) is 0. The van der Waals surface area contributed by atoms with Crippen LogP contribution in [-0.4, -0.2) is 15.2 Å². The van der Waals surface area contributed by atoms with Gasteiger partial charge in [0.05, 0.1) is 7.11 Å². The highest BCUT2D eigenvalue weighted by Crippen LogP contribution is 2.31. The van der Waals surface area contributed by atoms with Crippen LogP contribution in [0.15, 0.2) is 36.4 Å². The Morgan fingerprint density at radius 3 is 2.22 bits per heavy atom. The lowest BCUT2D eigenvalue weighted by atomic mass is 10.1. The van der Waals surface area contributed by atoms with Crippen LogP contribution in [0.1, 0.15) is 0 Å². The number of fused-ring (bicyclic) bond motifs is 3. The minimum absolute atomic E-state index is 0.828. The van der Waals surface area contributed by atoms with E-state index < -0.39 is 8.07 Å². The summed E-state index contributed by atoms with van der Waals surface area (Å²) in [5.41, 5.74) is 2.69. The van der Waals surface area contributed by atoms with Crippen molar-refractivity contribution in [2.24, 2.45) is 0 Å². The Bertz CT molecular complexity index is 634. The predicted octanol–water partition coefficient (Wildman–Crippen LogP) is 3.15. The molecule has 0 saturated carbocycles. The molecule has 3 rings (SSSR count). The molecule has 1 aliphatic rings. The molecular weight excluding hydrogens is 260 g/mol.